The topological polar surface area (TPSA) is 82.4 Å². The second-order valence-corrected chi connectivity index (χ2v) is 8.31. The van der Waals surface area contributed by atoms with Crippen LogP contribution in [0.5, 0.6) is 0 Å². The molecule has 142 valence electrons. The SMILES string of the molecule is CCC[N+](C)(C)CC.O=S(=O)([N-]S(=O)(=O)C(F)(F)F)C(F)(F)F. The minimum atomic E-state index is -6.72. The summed E-state index contributed by atoms with van der Waals surface area (Å²) in [7, 11) is -8.91. The highest BCUT2D eigenvalue weighted by Gasteiger charge is 2.46. The van der Waals surface area contributed by atoms with Crippen LogP contribution >= 0.6 is 0 Å². The zero-order chi connectivity index (χ0) is 19.3. The van der Waals surface area contributed by atoms with Crippen LogP contribution in [0.2, 0.25) is 0 Å². The third-order valence-electron chi connectivity index (χ3n) is 2.47. The molecule has 0 aromatic heterocycles. The lowest BCUT2D eigenvalue weighted by molar-refractivity contribution is -0.888. The van der Waals surface area contributed by atoms with Crippen LogP contribution in [0.3, 0.4) is 0 Å². The molecule has 0 saturated carbocycles. The fourth-order valence-corrected chi connectivity index (χ4v) is 2.69. The summed E-state index contributed by atoms with van der Waals surface area (Å²) in [6.45, 7) is 7.01. The molecule has 0 spiro atoms. The Kier molecular flexibility index (Phi) is 8.56. The lowest BCUT2D eigenvalue weighted by Crippen LogP contribution is -2.39. The van der Waals surface area contributed by atoms with E-state index in [9.17, 15) is 43.2 Å². The summed E-state index contributed by atoms with van der Waals surface area (Å²) in [5.74, 6) is 0. The maximum Gasteiger partial charge on any atom is 0.480 e. The molecule has 0 aromatic carbocycles. The van der Waals surface area contributed by atoms with E-state index in [0.717, 1.165) is 8.61 Å². The maximum absolute atomic E-state index is 11.4. The number of rotatable bonds is 5. The van der Waals surface area contributed by atoms with Crippen LogP contribution in [0.15, 0.2) is 0 Å². The molecule has 0 rings (SSSR count). The van der Waals surface area contributed by atoms with Crippen molar-refractivity contribution in [2.45, 2.75) is 31.3 Å². The first-order chi connectivity index (χ1) is 9.83. The van der Waals surface area contributed by atoms with E-state index in [1.54, 1.807) is 0 Å². The quantitative estimate of drug-likeness (QED) is 0.528. The van der Waals surface area contributed by atoms with Crippen LogP contribution in [0.4, 0.5) is 26.3 Å². The van der Waals surface area contributed by atoms with E-state index >= 15 is 0 Å². The van der Waals surface area contributed by atoms with Gasteiger partial charge in [-0.05, 0) is 13.3 Å². The fourth-order valence-electron chi connectivity index (χ4n) is 0.977. The Morgan fingerprint density at radius 1 is 0.826 bits per heavy atom. The Balaban J connectivity index is 0. The van der Waals surface area contributed by atoms with E-state index in [1.807, 2.05) is 0 Å². The number of nitrogens with zero attached hydrogens (tertiary/aromatic N) is 2. The largest absolute Gasteiger partial charge is 0.480 e. The first-order valence-corrected chi connectivity index (χ1v) is 8.90. The minimum absolute atomic E-state index is 0.778. The molecule has 0 radical (unpaired) electrons. The summed E-state index contributed by atoms with van der Waals surface area (Å²) >= 11 is 0. The fraction of sp³-hybridized carbons (Fsp3) is 1.00. The standard InChI is InChI=1S/C7H18N.C2F6NO4S2/c1-5-7-8(3,4)6-2;3-1(4,5)14(10,11)9-15(12,13)2(6,7)8/h5-7H2,1-4H3;/q+1;-1. The average Bonchev–Trinajstić information content (AvgIpc) is 2.25. The number of halogens is 6. The first kappa shape index (κ1) is 24.6. The number of hydrogen-bond donors (Lipinski definition) is 0. The molecule has 0 aliphatic rings. The van der Waals surface area contributed by atoms with Gasteiger partial charge in [0, 0.05) is 0 Å². The summed E-state index contributed by atoms with van der Waals surface area (Å²) in [5.41, 5.74) is -12.4. The van der Waals surface area contributed by atoms with Crippen molar-refractivity contribution in [1.29, 1.82) is 0 Å². The van der Waals surface area contributed by atoms with Gasteiger partial charge in [0.1, 0.15) is 0 Å². The Hall–Kier alpha value is -0.600. The summed E-state index contributed by atoms with van der Waals surface area (Å²) in [5, 5.41) is 0. The predicted octanol–water partition coefficient (Wildman–Crippen LogP) is 2.55. The second kappa shape index (κ2) is 7.98. The molecule has 0 amide bonds. The van der Waals surface area contributed by atoms with Crippen LogP contribution in [0.25, 0.3) is 4.13 Å². The molecule has 0 unspecified atom stereocenters. The minimum Gasteiger partial charge on any atom is -0.421 e. The zero-order valence-electron chi connectivity index (χ0n) is 12.7. The molecular formula is C9H18F6N2O4S2. The molecule has 0 bridgehead atoms. The number of alkyl halides is 6. The molecule has 23 heavy (non-hydrogen) atoms. The zero-order valence-corrected chi connectivity index (χ0v) is 14.4. The van der Waals surface area contributed by atoms with Crippen LogP contribution in [0.1, 0.15) is 20.3 Å². The van der Waals surface area contributed by atoms with Crippen LogP contribution < -0.4 is 0 Å². The molecule has 0 saturated heterocycles. The van der Waals surface area contributed by atoms with Gasteiger partial charge in [-0.1, -0.05) is 6.92 Å². The van der Waals surface area contributed by atoms with Gasteiger partial charge in [-0.25, -0.2) is 16.8 Å². The Morgan fingerprint density at radius 2 is 1.13 bits per heavy atom. The predicted molar refractivity (Wildman–Crippen MR) is 71.1 cm³/mol. The Bertz CT molecular complexity index is 524. The molecule has 0 aromatic rings. The van der Waals surface area contributed by atoms with Crippen LogP contribution in [0, 0.1) is 0 Å². The molecular weight excluding hydrogens is 378 g/mol. The molecule has 14 heteroatoms. The van der Waals surface area contributed by atoms with E-state index in [1.165, 1.54) is 19.5 Å². The Morgan fingerprint density at radius 3 is 1.26 bits per heavy atom. The average molecular weight is 396 g/mol. The summed E-state index contributed by atoms with van der Waals surface area (Å²) in [6, 6.07) is 0. The van der Waals surface area contributed by atoms with Crippen molar-refractivity contribution in [3.05, 3.63) is 4.13 Å². The van der Waals surface area contributed by atoms with Crippen molar-refractivity contribution in [3.63, 3.8) is 0 Å². The number of sulfonamides is 2. The van der Waals surface area contributed by atoms with Crippen molar-refractivity contribution in [3.8, 4) is 0 Å². The monoisotopic (exact) mass is 396 g/mol. The highest BCUT2D eigenvalue weighted by atomic mass is 32.3. The smallest absolute Gasteiger partial charge is 0.421 e. The van der Waals surface area contributed by atoms with Crippen LogP contribution in [-0.4, -0.2) is 59.5 Å². The lowest BCUT2D eigenvalue weighted by atomic mass is 10.4. The lowest BCUT2D eigenvalue weighted by Gasteiger charge is -2.27. The van der Waals surface area contributed by atoms with Crippen molar-refractivity contribution < 1.29 is 47.7 Å². The molecule has 6 nitrogen and oxygen atoms in total. The van der Waals surface area contributed by atoms with Gasteiger partial charge in [-0.3, -0.25) is 0 Å². The van der Waals surface area contributed by atoms with Crippen molar-refractivity contribution in [2.24, 2.45) is 0 Å². The molecule has 0 heterocycles. The van der Waals surface area contributed by atoms with Gasteiger partial charge in [0.15, 0.2) is 20.0 Å². The molecule has 0 N–H and O–H groups in total. The van der Waals surface area contributed by atoms with Crippen molar-refractivity contribution in [1.82, 2.24) is 0 Å². The van der Waals surface area contributed by atoms with E-state index in [-0.39, 0.29) is 0 Å². The summed E-state index contributed by atoms with van der Waals surface area (Å²) in [4.78, 5) is 0. The van der Waals surface area contributed by atoms with Gasteiger partial charge in [-0.15, -0.1) is 0 Å². The van der Waals surface area contributed by atoms with Gasteiger partial charge in [0.2, 0.25) is 0 Å². The summed E-state index contributed by atoms with van der Waals surface area (Å²) in [6.07, 6.45) is 1.29. The summed E-state index contributed by atoms with van der Waals surface area (Å²) < 4.78 is 110. The van der Waals surface area contributed by atoms with E-state index in [4.69, 9.17) is 0 Å². The van der Waals surface area contributed by atoms with Gasteiger partial charge in [0.05, 0.1) is 27.2 Å². The third-order valence-corrected chi connectivity index (χ3v) is 5.21. The Labute approximate surface area is 131 Å². The molecule has 0 aliphatic heterocycles. The van der Waals surface area contributed by atoms with E-state index < -0.39 is 31.1 Å². The molecule has 0 fully saturated rings. The van der Waals surface area contributed by atoms with Gasteiger partial charge < -0.3 is 8.61 Å². The van der Waals surface area contributed by atoms with Gasteiger partial charge >= 0.3 is 11.0 Å². The second-order valence-electron chi connectivity index (χ2n) is 4.89. The molecule has 0 aliphatic carbocycles. The maximum atomic E-state index is 11.4. The molecule has 0 atom stereocenters. The highest BCUT2D eigenvalue weighted by Crippen LogP contribution is 2.36. The number of quaternary nitrogens is 1. The highest BCUT2D eigenvalue weighted by molar-refractivity contribution is 8.13. The normalized spacial score (nSPS) is 14.2. The number of hydrogen-bond acceptors (Lipinski definition) is 4. The van der Waals surface area contributed by atoms with E-state index in [2.05, 4.69) is 27.9 Å². The van der Waals surface area contributed by atoms with E-state index in [0.29, 0.717) is 0 Å². The third kappa shape index (κ3) is 8.72. The van der Waals surface area contributed by atoms with Gasteiger partial charge in [0.25, 0.3) is 0 Å². The first-order valence-electron chi connectivity index (χ1n) is 6.02. The van der Waals surface area contributed by atoms with Gasteiger partial charge in [-0.2, -0.15) is 26.3 Å². The van der Waals surface area contributed by atoms with Crippen LogP contribution in [-0.2, 0) is 20.0 Å². The van der Waals surface area contributed by atoms with Crippen molar-refractivity contribution in [2.75, 3.05) is 27.2 Å². The van der Waals surface area contributed by atoms with Crippen molar-refractivity contribution >= 4 is 20.0 Å².